The van der Waals surface area contributed by atoms with E-state index in [0.717, 1.165) is 60.9 Å². The third kappa shape index (κ3) is 6.81. The molecule has 0 bridgehead atoms. The molecule has 13 rings (SSSR count). The van der Waals surface area contributed by atoms with E-state index in [1.54, 1.807) is 0 Å². The lowest BCUT2D eigenvalue weighted by Crippen LogP contribution is -2.08. The molecular weight excluding hydrogens is 855 g/mol. The molecule has 69 heavy (non-hydrogen) atoms. The van der Waals surface area contributed by atoms with Crippen LogP contribution in [-0.4, -0.2) is 4.57 Å². The first-order valence-corrected chi connectivity index (χ1v) is 25.2. The van der Waals surface area contributed by atoms with Crippen molar-refractivity contribution in [3.63, 3.8) is 0 Å². The lowest BCUT2D eigenvalue weighted by atomic mass is 9.95. The molecule has 11 aromatic carbocycles. The molecule has 0 aliphatic rings. The summed E-state index contributed by atoms with van der Waals surface area (Å²) in [6, 6.07) is 100. The second-order valence-corrected chi connectivity index (χ2v) is 20.7. The van der Waals surface area contributed by atoms with Crippen LogP contribution in [0.1, 0.15) is 0 Å². The van der Waals surface area contributed by atoms with Gasteiger partial charge in [0.2, 0.25) is 0 Å². The molecule has 0 amide bonds. The van der Waals surface area contributed by atoms with Gasteiger partial charge in [-0.25, -0.2) is 0 Å². The monoisotopic (exact) mass is 899 g/mol. The molecule has 326 valence electrons. The molecular formula is C66H45NOS. The summed E-state index contributed by atoms with van der Waals surface area (Å²) in [6.07, 6.45) is 0. The molecule has 0 spiro atoms. The van der Waals surface area contributed by atoms with Crippen LogP contribution < -0.4 is 0 Å². The first kappa shape index (κ1) is 40.6. The van der Waals surface area contributed by atoms with Crippen molar-refractivity contribution < 1.29 is 4.42 Å². The van der Waals surface area contributed by atoms with Gasteiger partial charge in [0.25, 0.3) is 0 Å². The lowest BCUT2D eigenvalue weighted by molar-refractivity contribution is 0.669. The van der Waals surface area contributed by atoms with Crippen molar-refractivity contribution >= 4 is 53.8 Å². The van der Waals surface area contributed by atoms with Gasteiger partial charge in [0.1, 0.15) is 11.2 Å². The molecule has 0 N–H and O–H groups in total. The van der Waals surface area contributed by atoms with Gasteiger partial charge < -0.3 is 8.98 Å². The Balaban J connectivity index is 1.13. The van der Waals surface area contributed by atoms with Crippen molar-refractivity contribution in [1.82, 2.24) is 4.57 Å². The first-order valence-electron chi connectivity index (χ1n) is 23.6. The minimum absolute atomic E-state index is 0.900. The number of hydrogen-bond acceptors (Lipinski definition) is 1. The van der Waals surface area contributed by atoms with Gasteiger partial charge in [-0.05, 0) is 118 Å². The predicted molar refractivity (Wildman–Crippen MR) is 290 cm³/mol. The maximum atomic E-state index is 6.25. The van der Waals surface area contributed by atoms with Crippen LogP contribution in [0.5, 0.6) is 0 Å². The molecule has 13 aromatic rings. The van der Waals surface area contributed by atoms with E-state index in [-0.39, 0.29) is 0 Å². The summed E-state index contributed by atoms with van der Waals surface area (Å²) in [4.78, 5) is 5.09. The Kier molecular flexibility index (Phi) is 9.96. The predicted octanol–water partition coefficient (Wildman–Crippen LogP) is 18.7. The molecule has 0 atom stereocenters. The molecule has 2 aromatic heterocycles. The van der Waals surface area contributed by atoms with E-state index in [2.05, 4.69) is 265 Å². The lowest BCUT2D eigenvalue weighted by Gasteiger charge is -2.43. The van der Waals surface area contributed by atoms with Crippen molar-refractivity contribution in [1.29, 1.82) is 0 Å². The highest BCUT2D eigenvalue weighted by Crippen LogP contribution is 2.74. The van der Waals surface area contributed by atoms with Gasteiger partial charge in [0, 0.05) is 52.3 Å². The van der Waals surface area contributed by atoms with Crippen LogP contribution in [0.2, 0.25) is 0 Å². The van der Waals surface area contributed by atoms with E-state index < -0.39 is 10.0 Å². The Hall–Kier alpha value is -8.63. The van der Waals surface area contributed by atoms with Crippen LogP contribution in [0.3, 0.4) is 0 Å². The summed E-state index contributed by atoms with van der Waals surface area (Å²) in [5.41, 5.74) is 14.6. The number of hydrogen-bond donors (Lipinski definition) is 0. The summed E-state index contributed by atoms with van der Waals surface area (Å²) >= 11 is 0. The van der Waals surface area contributed by atoms with E-state index in [1.165, 1.54) is 52.6 Å². The molecule has 0 fully saturated rings. The van der Waals surface area contributed by atoms with E-state index in [0.29, 0.717) is 0 Å². The highest BCUT2D eigenvalue weighted by molar-refractivity contribution is 8.34. The standard InChI is InChI=1S/C66H45NOS/c1-6-21-46(22-7-1)49-27-20-32-54(41-49)69(52-28-12-4-13-29-52,53-30-14-5-15-31-53)55-44-58(47-23-8-2-9-24-47)66(59(45-55)48-25-10-3-11-26-48)67-62-35-18-16-33-56(62)60-42-50(37-39-63(60)67)51-38-40-65-61(43-51)57-34-17-19-36-64(57)68-65/h1-45H. The zero-order chi connectivity index (χ0) is 45.7. The number of fused-ring (bicyclic) bond motifs is 6. The SMILES string of the molecule is c1ccc(-c2cccc(S(c3ccccc3)(c3ccccc3)c3cc(-c4ccccc4)c(-n4c5ccccc5c5cc(-c6ccc7oc8ccccc8c7c6)ccc54)c(-c4ccccc4)c3)c2)cc1. The first-order chi connectivity index (χ1) is 34.2. The zero-order valence-electron chi connectivity index (χ0n) is 37.7. The summed E-state index contributed by atoms with van der Waals surface area (Å²) in [5.74, 6) is 0. The Morgan fingerprint density at radius 3 is 1.35 bits per heavy atom. The van der Waals surface area contributed by atoms with Gasteiger partial charge in [0.15, 0.2) is 0 Å². The molecule has 2 heterocycles. The molecule has 3 heteroatoms. The largest absolute Gasteiger partial charge is 0.456 e. The smallest absolute Gasteiger partial charge is 0.135 e. The third-order valence-corrected chi connectivity index (χ3v) is 17.6. The van der Waals surface area contributed by atoms with E-state index >= 15 is 0 Å². The Bertz CT molecular complexity index is 3890. The van der Waals surface area contributed by atoms with Gasteiger partial charge in [-0.3, -0.25) is 0 Å². The Morgan fingerprint density at radius 1 is 0.261 bits per heavy atom. The van der Waals surface area contributed by atoms with Gasteiger partial charge in [-0.1, -0.05) is 188 Å². The van der Waals surface area contributed by atoms with Gasteiger partial charge in [-0.15, -0.1) is 10.0 Å². The minimum Gasteiger partial charge on any atom is -0.456 e. The number of rotatable bonds is 9. The van der Waals surface area contributed by atoms with Crippen molar-refractivity contribution in [2.75, 3.05) is 0 Å². The minimum atomic E-state index is -2.15. The van der Waals surface area contributed by atoms with Crippen LogP contribution in [0.15, 0.2) is 297 Å². The van der Waals surface area contributed by atoms with Crippen molar-refractivity contribution in [3.8, 4) is 50.2 Å². The van der Waals surface area contributed by atoms with Crippen molar-refractivity contribution in [2.45, 2.75) is 19.6 Å². The molecule has 0 aliphatic carbocycles. The quantitative estimate of drug-likeness (QED) is 0.141. The average molecular weight is 900 g/mol. The van der Waals surface area contributed by atoms with Crippen LogP contribution in [0.25, 0.3) is 93.9 Å². The molecule has 0 saturated carbocycles. The van der Waals surface area contributed by atoms with Crippen molar-refractivity contribution in [3.05, 3.63) is 273 Å². The zero-order valence-corrected chi connectivity index (χ0v) is 38.6. The molecule has 0 aliphatic heterocycles. The summed E-state index contributed by atoms with van der Waals surface area (Å²) in [5, 5.41) is 4.67. The number of para-hydroxylation sites is 2. The van der Waals surface area contributed by atoms with Gasteiger partial charge >= 0.3 is 0 Å². The number of furan rings is 1. The van der Waals surface area contributed by atoms with E-state index in [4.69, 9.17) is 4.42 Å². The highest BCUT2D eigenvalue weighted by Gasteiger charge is 2.36. The average Bonchev–Trinajstić information content (AvgIpc) is 3.97. The van der Waals surface area contributed by atoms with Crippen LogP contribution in [0, 0.1) is 0 Å². The topological polar surface area (TPSA) is 18.1 Å². The maximum Gasteiger partial charge on any atom is 0.135 e. The van der Waals surface area contributed by atoms with Gasteiger partial charge in [-0.2, -0.15) is 0 Å². The Morgan fingerprint density at radius 2 is 0.710 bits per heavy atom. The summed E-state index contributed by atoms with van der Waals surface area (Å²) < 4.78 is 8.78. The highest BCUT2D eigenvalue weighted by atomic mass is 32.3. The van der Waals surface area contributed by atoms with Gasteiger partial charge in [0.05, 0.1) is 16.7 Å². The number of benzene rings is 11. The fourth-order valence-electron chi connectivity index (χ4n) is 10.6. The molecule has 0 radical (unpaired) electrons. The fourth-order valence-corrected chi connectivity index (χ4v) is 14.5. The molecule has 2 nitrogen and oxygen atoms in total. The number of nitrogens with zero attached hydrogens (tertiary/aromatic N) is 1. The van der Waals surface area contributed by atoms with Crippen LogP contribution in [-0.2, 0) is 0 Å². The molecule has 0 unspecified atom stereocenters. The second-order valence-electron chi connectivity index (χ2n) is 17.6. The van der Waals surface area contributed by atoms with E-state index in [1.807, 2.05) is 12.1 Å². The maximum absolute atomic E-state index is 6.25. The normalized spacial score (nSPS) is 12.0. The summed E-state index contributed by atoms with van der Waals surface area (Å²) in [7, 11) is -2.15. The number of aromatic nitrogens is 1. The third-order valence-electron chi connectivity index (χ3n) is 13.7. The molecule has 0 saturated heterocycles. The Labute approximate surface area is 403 Å². The summed E-state index contributed by atoms with van der Waals surface area (Å²) in [6.45, 7) is 0. The fraction of sp³-hybridized carbons (Fsp3) is 0. The second kappa shape index (κ2) is 16.9. The van der Waals surface area contributed by atoms with Crippen molar-refractivity contribution in [2.24, 2.45) is 0 Å². The van der Waals surface area contributed by atoms with Crippen LogP contribution >= 0.6 is 10.0 Å². The van der Waals surface area contributed by atoms with E-state index in [9.17, 15) is 0 Å². The van der Waals surface area contributed by atoms with Crippen LogP contribution in [0.4, 0.5) is 0 Å².